The normalized spacial score (nSPS) is 10.7. The van der Waals surface area contributed by atoms with E-state index in [9.17, 15) is 4.79 Å². The summed E-state index contributed by atoms with van der Waals surface area (Å²) in [4.78, 5) is 12.2. The Morgan fingerprint density at radius 3 is 2.48 bits per heavy atom. The van der Waals surface area contributed by atoms with Gasteiger partial charge < -0.3 is 10.1 Å². The molecule has 0 aliphatic heterocycles. The zero-order valence-corrected chi connectivity index (χ0v) is 16.2. The second-order valence-electron chi connectivity index (χ2n) is 6.71. The van der Waals surface area contributed by atoms with Crippen LogP contribution in [0, 0.1) is 27.7 Å². The van der Waals surface area contributed by atoms with Crippen molar-refractivity contribution in [1.82, 2.24) is 15.1 Å². The van der Waals surface area contributed by atoms with Crippen LogP contribution < -0.4 is 10.1 Å². The number of aryl methyl sites for hydroxylation is 3. The highest BCUT2D eigenvalue weighted by Crippen LogP contribution is 2.18. The van der Waals surface area contributed by atoms with Crippen LogP contribution in [0.3, 0.4) is 0 Å². The average molecular weight is 363 g/mol. The summed E-state index contributed by atoms with van der Waals surface area (Å²) in [5, 5.41) is 7.53. The first-order valence-corrected chi connectivity index (χ1v) is 9.03. The van der Waals surface area contributed by atoms with E-state index in [4.69, 9.17) is 4.74 Å². The first-order chi connectivity index (χ1) is 13.0. The molecule has 0 aliphatic rings. The number of para-hydroxylation sites is 1. The van der Waals surface area contributed by atoms with Crippen molar-refractivity contribution in [3.8, 4) is 11.4 Å². The third-order valence-electron chi connectivity index (χ3n) is 4.75. The Morgan fingerprint density at radius 1 is 1.04 bits per heavy atom. The van der Waals surface area contributed by atoms with E-state index in [0.29, 0.717) is 12.3 Å². The molecule has 3 rings (SSSR count). The van der Waals surface area contributed by atoms with E-state index in [1.165, 1.54) is 5.56 Å². The highest BCUT2D eigenvalue weighted by molar-refractivity contribution is 5.77. The number of hydrogen-bond acceptors (Lipinski definition) is 3. The molecular formula is C22H25N3O2. The van der Waals surface area contributed by atoms with Gasteiger partial charge >= 0.3 is 0 Å². The number of nitrogens with zero attached hydrogens (tertiary/aromatic N) is 2. The lowest BCUT2D eigenvalue weighted by molar-refractivity contribution is -0.123. The summed E-state index contributed by atoms with van der Waals surface area (Å²) in [5.74, 6) is 0.553. The first kappa shape index (κ1) is 18.7. The number of nitrogens with one attached hydrogen (secondary N) is 1. The summed E-state index contributed by atoms with van der Waals surface area (Å²) >= 11 is 0. The van der Waals surface area contributed by atoms with Crippen LogP contribution in [0.5, 0.6) is 5.75 Å². The minimum absolute atomic E-state index is 0.00653. The van der Waals surface area contributed by atoms with Crippen molar-refractivity contribution in [2.75, 3.05) is 6.61 Å². The Bertz CT molecular complexity index is 946. The standard InChI is InChI=1S/C22H25N3O2/c1-15-10-11-20(12-16(15)2)27-14-22(26)23-13-21-17(3)24-25(18(21)4)19-8-6-5-7-9-19/h5-12H,13-14H2,1-4H3,(H,23,26). The van der Waals surface area contributed by atoms with Crippen LogP contribution >= 0.6 is 0 Å². The van der Waals surface area contributed by atoms with Crippen molar-refractivity contribution in [3.63, 3.8) is 0 Å². The van der Waals surface area contributed by atoms with Gasteiger partial charge in [-0.2, -0.15) is 5.10 Å². The van der Waals surface area contributed by atoms with Crippen molar-refractivity contribution in [2.24, 2.45) is 0 Å². The monoisotopic (exact) mass is 363 g/mol. The minimum Gasteiger partial charge on any atom is -0.484 e. The largest absolute Gasteiger partial charge is 0.484 e. The molecule has 3 aromatic rings. The van der Waals surface area contributed by atoms with E-state index >= 15 is 0 Å². The molecule has 1 aromatic heterocycles. The fourth-order valence-electron chi connectivity index (χ4n) is 2.94. The van der Waals surface area contributed by atoms with Gasteiger partial charge in [-0.25, -0.2) is 4.68 Å². The molecule has 0 saturated carbocycles. The van der Waals surface area contributed by atoms with Crippen LogP contribution in [-0.4, -0.2) is 22.3 Å². The third-order valence-corrected chi connectivity index (χ3v) is 4.75. The molecule has 5 heteroatoms. The maximum absolute atomic E-state index is 12.2. The summed E-state index contributed by atoms with van der Waals surface area (Å²) in [6.07, 6.45) is 0. The molecule has 0 fully saturated rings. The maximum Gasteiger partial charge on any atom is 0.258 e. The van der Waals surface area contributed by atoms with Gasteiger partial charge in [0.15, 0.2) is 6.61 Å². The number of ether oxygens (including phenoxy) is 1. The fraction of sp³-hybridized carbons (Fsp3) is 0.273. The molecule has 0 radical (unpaired) electrons. The topological polar surface area (TPSA) is 56.1 Å². The molecule has 5 nitrogen and oxygen atoms in total. The summed E-state index contributed by atoms with van der Waals surface area (Å²) in [7, 11) is 0. The number of hydrogen-bond donors (Lipinski definition) is 1. The van der Waals surface area contributed by atoms with E-state index in [-0.39, 0.29) is 12.5 Å². The SMILES string of the molecule is Cc1ccc(OCC(=O)NCc2c(C)nn(-c3ccccc3)c2C)cc1C. The summed E-state index contributed by atoms with van der Waals surface area (Å²) in [6.45, 7) is 8.47. The van der Waals surface area contributed by atoms with Gasteiger partial charge in [-0.3, -0.25) is 4.79 Å². The lowest BCUT2D eigenvalue weighted by Crippen LogP contribution is -2.28. The highest BCUT2D eigenvalue weighted by Gasteiger charge is 2.14. The van der Waals surface area contributed by atoms with Gasteiger partial charge in [0, 0.05) is 17.8 Å². The van der Waals surface area contributed by atoms with E-state index in [2.05, 4.69) is 10.4 Å². The number of rotatable bonds is 6. The number of aromatic nitrogens is 2. The van der Waals surface area contributed by atoms with Gasteiger partial charge in [-0.15, -0.1) is 0 Å². The van der Waals surface area contributed by atoms with Gasteiger partial charge in [0.25, 0.3) is 5.91 Å². The lowest BCUT2D eigenvalue weighted by Gasteiger charge is -2.09. The second-order valence-corrected chi connectivity index (χ2v) is 6.71. The molecular weight excluding hydrogens is 338 g/mol. The molecule has 1 N–H and O–H groups in total. The zero-order chi connectivity index (χ0) is 19.4. The summed E-state index contributed by atoms with van der Waals surface area (Å²) in [5.41, 5.74) is 6.31. The number of carbonyl (C=O) groups is 1. The Hall–Kier alpha value is -3.08. The minimum atomic E-state index is -0.153. The van der Waals surface area contributed by atoms with E-state index in [1.54, 1.807) is 0 Å². The van der Waals surface area contributed by atoms with Gasteiger partial charge in [-0.05, 0) is 63.1 Å². The quantitative estimate of drug-likeness (QED) is 0.725. The molecule has 0 unspecified atom stereocenters. The second kappa shape index (κ2) is 8.08. The molecule has 0 spiro atoms. The van der Waals surface area contributed by atoms with Gasteiger partial charge in [0.2, 0.25) is 0 Å². The molecule has 0 bridgehead atoms. The summed E-state index contributed by atoms with van der Waals surface area (Å²) in [6, 6.07) is 15.8. The van der Waals surface area contributed by atoms with Crippen LogP contribution in [0.15, 0.2) is 48.5 Å². The predicted octanol–water partition coefficient (Wildman–Crippen LogP) is 3.80. The highest BCUT2D eigenvalue weighted by atomic mass is 16.5. The Morgan fingerprint density at radius 2 is 1.78 bits per heavy atom. The Kier molecular flexibility index (Phi) is 5.60. The van der Waals surface area contributed by atoms with Crippen molar-refractivity contribution in [1.29, 1.82) is 0 Å². The van der Waals surface area contributed by atoms with Crippen molar-refractivity contribution < 1.29 is 9.53 Å². The van der Waals surface area contributed by atoms with Crippen LogP contribution in [0.1, 0.15) is 28.1 Å². The number of carbonyl (C=O) groups excluding carboxylic acids is 1. The Labute approximate surface area is 160 Å². The first-order valence-electron chi connectivity index (χ1n) is 9.03. The van der Waals surface area contributed by atoms with Gasteiger partial charge in [0.1, 0.15) is 5.75 Å². The summed E-state index contributed by atoms with van der Waals surface area (Å²) < 4.78 is 7.50. The fourth-order valence-corrected chi connectivity index (χ4v) is 2.94. The van der Waals surface area contributed by atoms with E-state index < -0.39 is 0 Å². The lowest BCUT2D eigenvalue weighted by atomic mass is 10.1. The average Bonchev–Trinajstić information content (AvgIpc) is 2.95. The predicted molar refractivity (Wildman–Crippen MR) is 106 cm³/mol. The molecule has 1 amide bonds. The van der Waals surface area contributed by atoms with E-state index in [1.807, 2.05) is 80.9 Å². The van der Waals surface area contributed by atoms with Crippen molar-refractivity contribution in [2.45, 2.75) is 34.2 Å². The van der Waals surface area contributed by atoms with Crippen LogP contribution in [0.25, 0.3) is 5.69 Å². The molecule has 1 heterocycles. The molecule has 0 aliphatic carbocycles. The maximum atomic E-state index is 12.2. The number of amides is 1. The van der Waals surface area contributed by atoms with Gasteiger partial charge in [-0.1, -0.05) is 24.3 Å². The van der Waals surface area contributed by atoms with Crippen LogP contribution in [0.4, 0.5) is 0 Å². The number of benzene rings is 2. The zero-order valence-electron chi connectivity index (χ0n) is 16.2. The molecule has 140 valence electrons. The molecule has 2 aromatic carbocycles. The van der Waals surface area contributed by atoms with Crippen LogP contribution in [0.2, 0.25) is 0 Å². The van der Waals surface area contributed by atoms with E-state index in [0.717, 1.165) is 28.2 Å². The van der Waals surface area contributed by atoms with Crippen molar-refractivity contribution in [3.05, 3.63) is 76.6 Å². The van der Waals surface area contributed by atoms with Crippen LogP contribution in [-0.2, 0) is 11.3 Å². The molecule has 27 heavy (non-hydrogen) atoms. The smallest absolute Gasteiger partial charge is 0.258 e. The van der Waals surface area contributed by atoms with Gasteiger partial charge in [0.05, 0.1) is 11.4 Å². The molecule has 0 saturated heterocycles. The third kappa shape index (κ3) is 4.37. The molecule has 0 atom stereocenters. The van der Waals surface area contributed by atoms with Crippen molar-refractivity contribution >= 4 is 5.91 Å². The Balaban J connectivity index is 1.60.